The van der Waals surface area contributed by atoms with Crippen molar-refractivity contribution < 1.29 is 63.9 Å². The molecule has 0 spiro atoms. The standard InChI is InChI=1S/C27H49N7O13/c28-4-9-1-2-10(30)23(42-9)45-20-11(31)3-12(34-26(40)27(41)7-33-8-27)16(36)22(20)47-25-19(39)21(14(6-35)44-25)46-24-15(32)18(38)17(37)13(5-29)43-24/h1,10-25,33,35-39,41H,2-8,28-32H2,(H,34,40)/t10-,11+,12-,13+,14-,15-,16+,17-,18-,19-,20-,21-,22-,23-,24-,25+/m1/s1. The van der Waals surface area contributed by atoms with Crippen molar-refractivity contribution in [1.82, 2.24) is 10.6 Å². The van der Waals surface area contributed by atoms with Crippen LogP contribution in [-0.4, -0.2) is 173 Å². The van der Waals surface area contributed by atoms with Gasteiger partial charge in [0.2, 0.25) is 6.29 Å². The zero-order chi connectivity index (χ0) is 34.2. The van der Waals surface area contributed by atoms with E-state index in [1.807, 2.05) is 0 Å². The number of hydrogen-bond donors (Lipinski definition) is 13. The number of amides is 1. The minimum absolute atomic E-state index is 0.00500. The summed E-state index contributed by atoms with van der Waals surface area (Å²) in [4.78, 5) is 12.9. The number of carbonyl (C=O) groups is 1. The maximum Gasteiger partial charge on any atom is 0.254 e. The molecule has 3 saturated heterocycles. The summed E-state index contributed by atoms with van der Waals surface area (Å²) in [7, 11) is 0. The highest BCUT2D eigenvalue weighted by Gasteiger charge is 2.55. The van der Waals surface area contributed by atoms with Gasteiger partial charge in [0.05, 0.1) is 31.3 Å². The molecule has 0 aromatic rings. The molecule has 0 radical (unpaired) electrons. The third-order valence-electron chi connectivity index (χ3n) is 9.36. The zero-order valence-electron chi connectivity index (χ0n) is 25.7. The van der Waals surface area contributed by atoms with E-state index in [-0.39, 0.29) is 32.6 Å². The summed E-state index contributed by atoms with van der Waals surface area (Å²) in [5.74, 6) is -0.289. The molecule has 4 heterocycles. The molecule has 5 aliphatic rings. The van der Waals surface area contributed by atoms with Gasteiger partial charge in [0.25, 0.3) is 5.91 Å². The van der Waals surface area contributed by atoms with E-state index < -0.39 is 116 Å². The molecule has 20 heteroatoms. The lowest BCUT2D eigenvalue weighted by atomic mass is 9.83. The molecule has 4 aliphatic heterocycles. The molecule has 1 aliphatic carbocycles. The Balaban J connectivity index is 1.35. The van der Waals surface area contributed by atoms with Crippen molar-refractivity contribution >= 4 is 5.91 Å². The number of hydrogen-bond acceptors (Lipinski definition) is 19. The van der Waals surface area contributed by atoms with E-state index in [1.165, 1.54) is 0 Å². The molecular formula is C27H49N7O13. The van der Waals surface area contributed by atoms with E-state index in [9.17, 15) is 35.4 Å². The average molecular weight is 680 g/mol. The van der Waals surface area contributed by atoms with E-state index in [0.29, 0.717) is 12.2 Å². The minimum atomic E-state index is -1.67. The molecule has 0 aromatic carbocycles. The molecule has 0 bridgehead atoms. The Morgan fingerprint density at radius 3 is 2.17 bits per heavy atom. The van der Waals surface area contributed by atoms with Gasteiger partial charge in [0.15, 0.2) is 18.2 Å². The third kappa shape index (κ3) is 7.44. The fraction of sp³-hybridized carbons (Fsp3) is 0.889. The molecule has 16 atom stereocenters. The summed E-state index contributed by atoms with van der Waals surface area (Å²) in [6.07, 6.45) is -14.0. The lowest BCUT2D eigenvalue weighted by Crippen LogP contribution is -2.71. The van der Waals surface area contributed by atoms with Crippen LogP contribution in [0, 0.1) is 0 Å². The van der Waals surface area contributed by atoms with Gasteiger partial charge in [-0.25, -0.2) is 0 Å². The van der Waals surface area contributed by atoms with Gasteiger partial charge in [0.1, 0.15) is 60.7 Å². The van der Waals surface area contributed by atoms with Crippen LogP contribution in [0.4, 0.5) is 0 Å². The number of ether oxygens (including phenoxy) is 6. The van der Waals surface area contributed by atoms with Crippen molar-refractivity contribution in [1.29, 1.82) is 0 Å². The summed E-state index contributed by atoms with van der Waals surface area (Å²) in [6.45, 7) is -0.703. The van der Waals surface area contributed by atoms with E-state index in [2.05, 4.69) is 10.6 Å². The van der Waals surface area contributed by atoms with Crippen molar-refractivity contribution in [3.8, 4) is 0 Å². The molecule has 4 fully saturated rings. The normalized spacial score (nSPS) is 46.7. The van der Waals surface area contributed by atoms with Crippen LogP contribution in [0.25, 0.3) is 0 Å². The van der Waals surface area contributed by atoms with Gasteiger partial charge in [-0.15, -0.1) is 0 Å². The first-order valence-corrected chi connectivity index (χ1v) is 15.7. The molecule has 5 rings (SSSR count). The minimum Gasteiger partial charge on any atom is -0.467 e. The molecule has 1 saturated carbocycles. The molecule has 270 valence electrons. The Labute approximate surface area is 270 Å². The van der Waals surface area contributed by atoms with Gasteiger partial charge in [0, 0.05) is 25.7 Å². The number of aliphatic hydroxyl groups excluding tert-OH is 5. The van der Waals surface area contributed by atoms with E-state index >= 15 is 0 Å². The fourth-order valence-electron chi connectivity index (χ4n) is 6.33. The van der Waals surface area contributed by atoms with Crippen LogP contribution in [0.3, 0.4) is 0 Å². The summed E-state index contributed by atoms with van der Waals surface area (Å²) >= 11 is 0. The first kappa shape index (κ1) is 36.6. The molecule has 47 heavy (non-hydrogen) atoms. The number of rotatable bonds is 11. The van der Waals surface area contributed by atoms with Gasteiger partial charge in [-0.1, -0.05) is 0 Å². The van der Waals surface area contributed by atoms with E-state index in [0.717, 1.165) is 0 Å². The Hall–Kier alpha value is -1.67. The Kier molecular flexibility index (Phi) is 11.7. The number of carbonyl (C=O) groups excluding carboxylic acids is 1. The highest BCUT2D eigenvalue weighted by molar-refractivity contribution is 5.87. The van der Waals surface area contributed by atoms with Crippen molar-refractivity contribution in [3.63, 3.8) is 0 Å². The molecule has 18 N–H and O–H groups in total. The van der Waals surface area contributed by atoms with Crippen LogP contribution in [0.2, 0.25) is 0 Å². The monoisotopic (exact) mass is 679 g/mol. The van der Waals surface area contributed by atoms with Crippen LogP contribution in [0.15, 0.2) is 11.8 Å². The van der Waals surface area contributed by atoms with E-state index in [1.54, 1.807) is 6.08 Å². The van der Waals surface area contributed by atoms with Crippen LogP contribution in [-0.2, 0) is 33.2 Å². The SMILES string of the molecule is NCC1=CC[C@@H](N)[C@@H](O[C@H]2[C@H](O[C@@H]3O[C@H](CO)[C@@H](O[C@H]4O[C@@H](CN)[C@@H](O)[C@H](O)[C@H]4N)[C@H]3O)[C@@H](O)[C@H](NC(=O)C3(O)CNC3)C[C@@H]2N)O1. The Morgan fingerprint density at radius 1 is 0.894 bits per heavy atom. The van der Waals surface area contributed by atoms with Crippen LogP contribution < -0.4 is 39.3 Å². The fourth-order valence-corrected chi connectivity index (χ4v) is 6.33. The predicted octanol–water partition coefficient (Wildman–Crippen LogP) is -8.22. The predicted molar refractivity (Wildman–Crippen MR) is 157 cm³/mol. The van der Waals surface area contributed by atoms with Crippen LogP contribution in [0.1, 0.15) is 12.8 Å². The number of nitrogens with one attached hydrogen (secondary N) is 2. The van der Waals surface area contributed by atoms with Crippen molar-refractivity contribution in [2.45, 2.75) is 116 Å². The average Bonchev–Trinajstić information content (AvgIpc) is 3.34. The number of aliphatic hydroxyl groups is 6. The largest absolute Gasteiger partial charge is 0.467 e. The second-order valence-electron chi connectivity index (χ2n) is 12.7. The second-order valence-corrected chi connectivity index (χ2v) is 12.7. The third-order valence-corrected chi connectivity index (χ3v) is 9.36. The lowest BCUT2D eigenvalue weighted by Gasteiger charge is -2.47. The van der Waals surface area contributed by atoms with Gasteiger partial charge in [-0.3, -0.25) is 4.79 Å². The van der Waals surface area contributed by atoms with Crippen molar-refractivity contribution in [2.75, 3.05) is 32.8 Å². The van der Waals surface area contributed by atoms with Gasteiger partial charge in [-0.2, -0.15) is 0 Å². The number of nitrogens with two attached hydrogens (primary N) is 5. The topological polar surface area (TPSA) is 348 Å². The number of β-amino-alcohol motifs (C(OH)–C–C–N with tert-alkyl or cyclic N) is 1. The van der Waals surface area contributed by atoms with Gasteiger partial charge >= 0.3 is 0 Å². The van der Waals surface area contributed by atoms with Crippen molar-refractivity contribution in [3.05, 3.63) is 11.8 Å². The molecule has 20 nitrogen and oxygen atoms in total. The van der Waals surface area contributed by atoms with Crippen molar-refractivity contribution in [2.24, 2.45) is 28.7 Å². The molecule has 0 aromatic heterocycles. The summed E-state index contributed by atoms with van der Waals surface area (Å²) in [5.41, 5.74) is 28.5. The van der Waals surface area contributed by atoms with Crippen LogP contribution in [0.5, 0.6) is 0 Å². The molecular weight excluding hydrogens is 630 g/mol. The summed E-state index contributed by atoms with van der Waals surface area (Å²) < 4.78 is 35.4. The lowest BCUT2D eigenvalue weighted by molar-refractivity contribution is -0.282. The van der Waals surface area contributed by atoms with Gasteiger partial charge in [-0.05, 0) is 18.9 Å². The highest BCUT2D eigenvalue weighted by atomic mass is 16.8. The Morgan fingerprint density at radius 2 is 1.55 bits per heavy atom. The summed E-state index contributed by atoms with van der Waals surface area (Å²) in [6, 6.07) is -3.82. The first-order chi connectivity index (χ1) is 22.3. The first-order valence-electron chi connectivity index (χ1n) is 15.7. The zero-order valence-corrected chi connectivity index (χ0v) is 25.7. The van der Waals surface area contributed by atoms with E-state index in [4.69, 9.17) is 57.1 Å². The smallest absolute Gasteiger partial charge is 0.254 e. The second kappa shape index (κ2) is 15.1. The highest BCUT2D eigenvalue weighted by Crippen LogP contribution is 2.34. The van der Waals surface area contributed by atoms with Gasteiger partial charge < -0.3 is 98.4 Å². The Bertz CT molecular complexity index is 1110. The molecule has 1 amide bonds. The maximum absolute atomic E-state index is 12.9. The summed E-state index contributed by atoms with van der Waals surface area (Å²) in [5, 5.41) is 69.5. The maximum atomic E-state index is 12.9. The quantitative estimate of drug-likeness (QED) is 0.0963. The molecule has 0 unspecified atom stereocenters. The van der Waals surface area contributed by atoms with Crippen LogP contribution >= 0.6 is 0 Å².